The second-order valence-corrected chi connectivity index (χ2v) is 5.18. The second-order valence-electron chi connectivity index (χ2n) is 5.18. The molecule has 0 radical (unpaired) electrons. The highest BCUT2D eigenvalue weighted by Crippen LogP contribution is 2.42. The fraction of sp³-hybridized carbons (Fsp3) is 0.375. The van der Waals surface area contributed by atoms with Gasteiger partial charge in [0.2, 0.25) is 0 Å². The van der Waals surface area contributed by atoms with Crippen molar-refractivity contribution in [2.45, 2.75) is 25.6 Å². The molecule has 112 valence electrons. The summed E-state index contributed by atoms with van der Waals surface area (Å²) in [5, 5.41) is 0. The maximum Gasteiger partial charge on any atom is 0.340 e. The normalized spacial score (nSPS) is 20.3. The van der Waals surface area contributed by atoms with Crippen molar-refractivity contribution in [3.8, 4) is 0 Å². The lowest BCUT2D eigenvalue weighted by Crippen LogP contribution is -2.31. The lowest BCUT2D eigenvalue weighted by Gasteiger charge is -2.23. The van der Waals surface area contributed by atoms with E-state index >= 15 is 0 Å². The van der Waals surface area contributed by atoms with Gasteiger partial charge < -0.3 is 14.2 Å². The average molecular weight is 290 g/mol. The largest absolute Gasteiger partial charge is 0.467 e. The number of hydrogen-bond acceptors (Lipinski definition) is 5. The molecule has 0 aliphatic carbocycles. The number of hydrogen-bond donors (Lipinski definition) is 0. The molecule has 1 unspecified atom stereocenters. The van der Waals surface area contributed by atoms with Crippen molar-refractivity contribution in [1.29, 1.82) is 0 Å². The topological polar surface area (TPSA) is 61.8 Å². The quantitative estimate of drug-likeness (QED) is 0.796. The third kappa shape index (κ3) is 2.69. The molecule has 21 heavy (non-hydrogen) atoms. The number of methoxy groups -OCH3 is 2. The fourth-order valence-corrected chi connectivity index (χ4v) is 2.57. The van der Waals surface area contributed by atoms with Crippen LogP contribution in [0.5, 0.6) is 0 Å². The first-order valence-corrected chi connectivity index (χ1v) is 6.56. The van der Waals surface area contributed by atoms with Gasteiger partial charge in [-0.3, -0.25) is 0 Å². The van der Waals surface area contributed by atoms with Gasteiger partial charge in [0.1, 0.15) is 0 Å². The van der Waals surface area contributed by atoms with Gasteiger partial charge in [-0.05, 0) is 19.4 Å². The number of esters is 2. The van der Waals surface area contributed by atoms with Crippen LogP contribution in [0.15, 0.2) is 35.9 Å². The molecule has 0 saturated carbocycles. The van der Waals surface area contributed by atoms with E-state index in [1.165, 1.54) is 14.2 Å². The van der Waals surface area contributed by atoms with Gasteiger partial charge in [-0.25, -0.2) is 9.59 Å². The zero-order valence-electron chi connectivity index (χ0n) is 12.5. The summed E-state index contributed by atoms with van der Waals surface area (Å²) >= 11 is 0. The number of carbonyl (C=O) groups excluding carboxylic acids is 2. The molecule has 1 heterocycles. The van der Waals surface area contributed by atoms with Crippen molar-refractivity contribution in [1.82, 2.24) is 0 Å². The number of benzene rings is 1. The second kappa shape index (κ2) is 5.69. The molecule has 0 bridgehead atoms. The molecule has 5 nitrogen and oxygen atoms in total. The molecule has 0 spiro atoms. The number of rotatable bonds is 3. The lowest BCUT2D eigenvalue weighted by molar-refractivity contribution is -0.157. The Morgan fingerprint density at radius 2 is 1.71 bits per heavy atom. The van der Waals surface area contributed by atoms with Crippen molar-refractivity contribution in [3.63, 3.8) is 0 Å². The van der Waals surface area contributed by atoms with Crippen molar-refractivity contribution >= 4 is 17.5 Å². The molecular weight excluding hydrogens is 272 g/mol. The van der Waals surface area contributed by atoms with Gasteiger partial charge in [0, 0.05) is 5.57 Å². The summed E-state index contributed by atoms with van der Waals surface area (Å²) in [6.07, 6.45) is -1.08. The maximum atomic E-state index is 12.1. The van der Waals surface area contributed by atoms with Crippen LogP contribution in [0, 0.1) is 0 Å². The minimum Gasteiger partial charge on any atom is -0.467 e. The minimum absolute atomic E-state index is 0.195. The summed E-state index contributed by atoms with van der Waals surface area (Å²) in [5.41, 5.74) is 0.851. The number of carbonyl (C=O) groups is 2. The summed E-state index contributed by atoms with van der Waals surface area (Å²) in [6, 6.07) is 9.33. The Hall–Kier alpha value is -2.14. The van der Waals surface area contributed by atoms with Crippen molar-refractivity contribution in [2.24, 2.45) is 0 Å². The molecule has 1 aliphatic heterocycles. The predicted molar refractivity (Wildman–Crippen MR) is 76.3 cm³/mol. The Kier molecular flexibility index (Phi) is 4.14. The third-order valence-electron chi connectivity index (χ3n) is 3.43. The molecule has 1 atom stereocenters. The molecule has 2 rings (SSSR count). The Morgan fingerprint density at radius 3 is 2.24 bits per heavy atom. The van der Waals surface area contributed by atoms with Gasteiger partial charge >= 0.3 is 11.9 Å². The minimum atomic E-state index is -1.08. The van der Waals surface area contributed by atoms with Crippen molar-refractivity contribution in [2.75, 3.05) is 14.2 Å². The summed E-state index contributed by atoms with van der Waals surface area (Å²) in [6.45, 7) is 3.61. The standard InChI is InChI=1S/C16H18O5/c1-16(2)12(10-8-6-5-7-9-10)11(14(17)19-3)13(21-16)15(18)20-4/h5-9,13H,1-4H3. The van der Waals surface area contributed by atoms with Crippen LogP contribution in [0.3, 0.4) is 0 Å². The molecular formula is C16H18O5. The molecule has 0 saturated heterocycles. The van der Waals surface area contributed by atoms with E-state index in [1.54, 1.807) is 13.8 Å². The van der Waals surface area contributed by atoms with Crippen LogP contribution in [0.25, 0.3) is 5.57 Å². The molecule has 1 aliphatic rings. The van der Waals surface area contributed by atoms with Crippen LogP contribution in [0.2, 0.25) is 0 Å². The summed E-state index contributed by atoms with van der Waals surface area (Å²) in [4.78, 5) is 24.1. The smallest absolute Gasteiger partial charge is 0.340 e. The summed E-state index contributed by atoms with van der Waals surface area (Å²) in [7, 11) is 2.53. The Bertz CT molecular complexity index is 586. The van der Waals surface area contributed by atoms with Crippen LogP contribution in [0.4, 0.5) is 0 Å². The fourth-order valence-electron chi connectivity index (χ4n) is 2.57. The first-order valence-electron chi connectivity index (χ1n) is 6.56. The van der Waals surface area contributed by atoms with E-state index in [4.69, 9.17) is 14.2 Å². The van der Waals surface area contributed by atoms with Crippen molar-refractivity contribution in [3.05, 3.63) is 41.5 Å². The molecule has 1 aromatic carbocycles. The highest BCUT2D eigenvalue weighted by molar-refractivity contribution is 6.06. The zero-order valence-corrected chi connectivity index (χ0v) is 12.5. The first-order chi connectivity index (χ1) is 9.92. The molecule has 0 amide bonds. The van der Waals surface area contributed by atoms with E-state index in [0.29, 0.717) is 5.57 Å². The van der Waals surface area contributed by atoms with E-state index in [1.807, 2.05) is 30.3 Å². The van der Waals surface area contributed by atoms with Crippen LogP contribution in [-0.2, 0) is 23.8 Å². The van der Waals surface area contributed by atoms with Gasteiger partial charge in [0.15, 0.2) is 6.10 Å². The van der Waals surface area contributed by atoms with E-state index in [9.17, 15) is 9.59 Å². The maximum absolute atomic E-state index is 12.1. The van der Waals surface area contributed by atoms with Gasteiger partial charge in [0.05, 0.1) is 25.4 Å². The first kappa shape index (κ1) is 15.3. The van der Waals surface area contributed by atoms with Crippen LogP contribution in [0.1, 0.15) is 19.4 Å². The lowest BCUT2D eigenvalue weighted by atomic mass is 9.88. The Labute approximate surface area is 123 Å². The molecule has 0 aromatic heterocycles. The van der Waals surface area contributed by atoms with Gasteiger partial charge in [0.25, 0.3) is 0 Å². The number of ether oxygens (including phenoxy) is 3. The molecule has 0 fully saturated rings. The van der Waals surface area contributed by atoms with Crippen LogP contribution >= 0.6 is 0 Å². The Balaban J connectivity index is 2.65. The molecule has 5 heteroatoms. The van der Waals surface area contributed by atoms with Crippen molar-refractivity contribution < 1.29 is 23.8 Å². The average Bonchev–Trinajstić information content (AvgIpc) is 2.78. The predicted octanol–water partition coefficient (Wildman–Crippen LogP) is 1.96. The SMILES string of the molecule is COC(=O)C1=C(c2ccccc2)C(C)(C)OC1C(=O)OC. The van der Waals surface area contributed by atoms with Crippen LogP contribution < -0.4 is 0 Å². The highest BCUT2D eigenvalue weighted by atomic mass is 16.6. The third-order valence-corrected chi connectivity index (χ3v) is 3.43. The zero-order chi connectivity index (χ0) is 15.6. The van der Waals surface area contributed by atoms with Crippen LogP contribution in [-0.4, -0.2) is 37.9 Å². The van der Waals surface area contributed by atoms with E-state index < -0.39 is 23.6 Å². The van der Waals surface area contributed by atoms with E-state index in [-0.39, 0.29) is 5.57 Å². The highest BCUT2D eigenvalue weighted by Gasteiger charge is 2.48. The van der Waals surface area contributed by atoms with Gasteiger partial charge in [-0.2, -0.15) is 0 Å². The Morgan fingerprint density at radius 1 is 1.10 bits per heavy atom. The molecule has 0 N–H and O–H groups in total. The van der Waals surface area contributed by atoms with E-state index in [0.717, 1.165) is 5.56 Å². The van der Waals surface area contributed by atoms with Gasteiger partial charge in [-0.1, -0.05) is 30.3 Å². The monoisotopic (exact) mass is 290 g/mol. The summed E-state index contributed by atoms with van der Waals surface area (Å²) in [5.74, 6) is -1.20. The van der Waals surface area contributed by atoms with E-state index in [2.05, 4.69) is 0 Å². The van der Waals surface area contributed by atoms with Gasteiger partial charge in [-0.15, -0.1) is 0 Å². The molecule has 1 aromatic rings. The summed E-state index contributed by atoms with van der Waals surface area (Å²) < 4.78 is 15.3.